The van der Waals surface area contributed by atoms with Crippen LogP contribution in [-0.2, 0) is 11.3 Å². The van der Waals surface area contributed by atoms with E-state index in [1.807, 2.05) is 30.5 Å². The fourth-order valence-corrected chi connectivity index (χ4v) is 2.45. The quantitative estimate of drug-likeness (QED) is 0.834. The van der Waals surface area contributed by atoms with Gasteiger partial charge in [0.15, 0.2) is 4.77 Å². The number of nitriles is 1. The molecule has 0 fully saturated rings. The topological polar surface area (TPSA) is 73.6 Å². The lowest BCUT2D eigenvalue weighted by Gasteiger charge is -2.11. The van der Waals surface area contributed by atoms with Gasteiger partial charge in [0, 0.05) is 19.0 Å². The van der Waals surface area contributed by atoms with Crippen molar-refractivity contribution in [2.45, 2.75) is 39.3 Å². The molecule has 5 nitrogen and oxygen atoms in total. The van der Waals surface area contributed by atoms with Crippen LogP contribution in [0.2, 0.25) is 0 Å². The summed E-state index contributed by atoms with van der Waals surface area (Å²) in [6.45, 7) is 4.51. The normalized spacial score (nSPS) is 12.0. The van der Waals surface area contributed by atoms with Crippen LogP contribution < -0.4 is 5.32 Å². The number of carbonyl (C=O) groups excluding carboxylic acids is 1. The molecule has 2 aromatic rings. The molecule has 1 unspecified atom stereocenters. The van der Waals surface area contributed by atoms with Crippen LogP contribution in [0.3, 0.4) is 0 Å². The van der Waals surface area contributed by atoms with Crippen LogP contribution in [0.5, 0.6) is 0 Å². The number of aromatic nitrogens is 2. The van der Waals surface area contributed by atoms with Crippen molar-refractivity contribution in [2.75, 3.05) is 0 Å². The van der Waals surface area contributed by atoms with Crippen molar-refractivity contribution in [1.29, 1.82) is 5.26 Å². The number of amides is 1. The van der Waals surface area contributed by atoms with E-state index in [0.29, 0.717) is 23.3 Å². The smallest absolute Gasteiger partial charge is 0.222 e. The molecule has 6 heteroatoms. The number of nitrogens with one attached hydrogen (secondary N) is 2. The highest BCUT2D eigenvalue weighted by molar-refractivity contribution is 7.71. The van der Waals surface area contributed by atoms with Gasteiger partial charge in [-0.2, -0.15) is 5.26 Å². The summed E-state index contributed by atoms with van der Waals surface area (Å²) in [5.41, 5.74) is 2.14. The number of carbonyl (C=O) groups is 1. The average Bonchev–Trinajstić information content (AvgIpc) is 2.80. The van der Waals surface area contributed by atoms with E-state index in [4.69, 9.17) is 17.5 Å². The summed E-state index contributed by atoms with van der Waals surface area (Å²) in [6, 6.07) is 7.78. The second-order valence-corrected chi connectivity index (χ2v) is 5.41. The Bertz CT molecular complexity index is 753. The van der Waals surface area contributed by atoms with Crippen LogP contribution in [0, 0.1) is 16.1 Å². The van der Waals surface area contributed by atoms with Crippen molar-refractivity contribution in [3.05, 3.63) is 28.5 Å². The summed E-state index contributed by atoms with van der Waals surface area (Å²) in [5.74, 6) is 0.0111. The molecular weight excluding hydrogens is 284 g/mol. The third kappa shape index (κ3) is 3.31. The van der Waals surface area contributed by atoms with Gasteiger partial charge in [0.1, 0.15) is 6.07 Å². The van der Waals surface area contributed by atoms with Crippen LogP contribution in [-0.4, -0.2) is 21.5 Å². The summed E-state index contributed by atoms with van der Waals surface area (Å²) in [4.78, 5) is 14.9. The van der Waals surface area contributed by atoms with Crippen molar-refractivity contribution in [2.24, 2.45) is 0 Å². The first-order chi connectivity index (χ1) is 10.1. The van der Waals surface area contributed by atoms with Gasteiger partial charge in [-0.05, 0) is 37.7 Å². The van der Waals surface area contributed by atoms with Gasteiger partial charge >= 0.3 is 0 Å². The molecule has 0 saturated heterocycles. The second-order valence-electron chi connectivity index (χ2n) is 5.02. The number of aryl methyl sites for hydroxylation is 1. The standard InChI is InChI=1S/C15H18N4OS/c1-3-10(2)17-13(20)7-8-19-12-6-4-5-11(9-16)14(12)18-15(19)21/h4-6,10H,3,7-8H2,1-2H3,(H,17,20)(H,18,21). The molecule has 0 radical (unpaired) electrons. The van der Waals surface area contributed by atoms with Crippen molar-refractivity contribution in [1.82, 2.24) is 14.9 Å². The Hall–Kier alpha value is -2.13. The minimum absolute atomic E-state index is 0.0111. The van der Waals surface area contributed by atoms with Crippen LogP contribution in [0.4, 0.5) is 0 Å². The summed E-state index contributed by atoms with van der Waals surface area (Å²) < 4.78 is 2.39. The molecule has 2 rings (SSSR count). The van der Waals surface area contributed by atoms with Crippen molar-refractivity contribution >= 4 is 29.2 Å². The lowest BCUT2D eigenvalue weighted by Crippen LogP contribution is -2.32. The Labute approximate surface area is 128 Å². The van der Waals surface area contributed by atoms with Gasteiger partial charge in [-0.25, -0.2) is 0 Å². The number of para-hydroxylation sites is 1. The van der Waals surface area contributed by atoms with E-state index in [9.17, 15) is 4.79 Å². The van der Waals surface area contributed by atoms with Gasteiger partial charge in [-0.1, -0.05) is 13.0 Å². The third-order valence-corrected chi connectivity index (χ3v) is 3.84. The number of nitrogens with zero attached hydrogens (tertiary/aromatic N) is 2. The molecule has 0 spiro atoms. The van der Waals surface area contributed by atoms with E-state index in [2.05, 4.69) is 16.4 Å². The van der Waals surface area contributed by atoms with E-state index >= 15 is 0 Å². The summed E-state index contributed by atoms with van der Waals surface area (Å²) in [7, 11) is 0. The highest BCUT2D eigenvalue weighted by Gasteiger charge is 2.10. The maximum absolute atomic E-state index is 11.9. The molecule has 0 aliphatic carbocycles. The first kappa shape index (κ1) is 15.3. The molecular formula is C15H18N4OS. The van der Waals surface area contributed by atoms with Crippen LogP contribution >= 0.6 is 12.2 Å². The van der Waals surface area contributed by atoms with Crippen molar-refractivity contribution in [3.63, 3.8) is 0 Å². The molecule has 21 heavy (non-hydrogen) atoms. The zero-order chi connectivity index (χ0) is 15.4. The Morgan fingerprint density at radius 1 is 1.57 bits per heavy atom. The molecule has 1 aromatic carbocycles. The molecule has 0 bridgehead atoms. The van der Waals surface area contributed by atoms with E-state index in [1.54, 1.807) is 6.07 Å². The third-order valence-electron chi connectivity index (χ3n) is 3.51. The van der Waals surface area contributed by atoms with Crippen LogP contribution in [0.15, 0.2) is 18.2 Å². The van der Waals surface area contributed by atoms with Gasteiger partial charge in [-0.15, -0.1) is 0 Å². The van der Waals surface area contributed by atoms with E-state index in [0.717, 1.165) is 17.5 Å². The predicted molar refractivity (Wildman–Crippen MR) is 84.4 cm³/mol. The fraction of sp³-hybridized carbons (Fsp3) is 0.400. The lowest BCUT2D eigenvalue weighted by atomic mass is 10.2. The van der Waals surface area contributed by atoms with Gasteiger partial charge in [0.2, 0.25) is 5.91 Å². The first-order valence-electron chi connectivity index (χ1n) is 6.97. The van der Waals surface area contributed by atoms with E-state index < -0.39 is 0 Å². The number of benzene rings is 1. The maximum Gasteiger partial charge on any atom is 0.222 e. The lowest BCUT2D eigenvalue weighted by molar-refractivity contribution is -0.121. The molecule has 110 valence electrons. The van der Waals surface area contributed by atoms with Crippen LogP contribution in [0.25, 0.3) is 11.0 Å². The Morgan fingerprint density at radius 3 is 3.00 bits per heavy atom. The molecule has 0 aliphatic heterocycles. The number of aromatic amines is 1. The van der Waals surface area contributed by atoms with Crippen molar-refractivity contribution in [3.8, 4) is 6.07 Å². The number of hydrogen-bond acceptors (Lipinski definition) is 3. The fourth-order valence-electron chi connectivity index (χ4n) is 2.16. The van der Waals surface area contributed by atoms with Gasteiger partial charge in [-0.3, -0.25) is 4.79 Å². The number of H-pyrrole nitrogens is 1. The van der Waals surface area contributed by atoms with Gasteiger partial charge < -0.3 is 14.9 Å². The minimum Gasteiger partial charge on any atom is -0.354 e. The summed E-state index contributed by atoms with van der Waals surface area (Å²) >= 11 is 5.29. The van der Waals surface area contributed by atoms with E-state index in [-0.39, 0.29) is 11.9 Å². The predicted octanol–water partition coefficient (Wildman–Crippen LogP) is 2.88. The molecule has 0 saturated carbocycles. The minimum atomic E-state index is 0.0111. The molecule has 1 amide bonds. The second kappa shape index (κ2) is 6.55. The number of imidazole rings is 1. The van der Waals surface area contributed by atoms with Crippen molar-refractivity contribution < 1.29 is 4.79 Å². The van der Waals surface area contributed by atoms with Gasteiger partial charge in [0.25, 0.3) is 0 Å². The Morgan fingerprint density at radius 2 is 2.33 bits per heavy atom. The largest absolute Gasteiger partial charge is 0.354 e. The zero-order valence-corrected chi connectivity index (χ0v) is 13.0. The van der Waals surface area contributed by atoms with Gasteiger partial charge in [0.05, 0.1) is 16.6 Å². The van der Waals surface area contributed by atoms with E-state index in [1.165, 1.54) is 0 Å². The monoisotopic (exact) mass is 302 g/mol. The summed E-state index contributed by atoms with van der Waals surface area (Å²) in [5, 5.41) is 12.0. The molecule has 1 aromatic heterocycles. The highest BCUT2D eigenvalue weighted by atomic mass is 32.1. The Balaban J connectivity index is 2.20. The average molecular weight is 302 g/mol. The summed E-state index contributed by atoms with van der Waals surface area (Å²) in [6.07, 6.45) is 1.27. The molecule has 2 N–H and O–H groups in total. The number of rotatable bonds is 5. The highest BCUT2D eigenvalue weighted by Crippen LogP contribution is 2.18. The zero-order valence-electron chi connectivity index (χ0n) is 12.1. The maximum atomic E-state index is 11.9. The van der Waals surface area contributed by atoms with Crippen LogP contribution in [0.1, 0.15) is 32.3 Å². The first-order valence-corrected chi connectivity index (χ1v) is 7.38. The Kier molecular flexibility index (Phi) is 4.76. The molecule has 1 atom stereocenters. The molecule has 0 aliphatic rings. The SMILES string of the molecule is CCC(C)NC(=O)CCn1c(=S)[nH]c2c(C#N)cccc21. The molecule has 1 heterocycles. The number of hydrogen-bond donors (Lipinski definition) is 2. The number of fused-ring (bicyclic) bond motifs is 1.